The van der Waals surface area contributed by atoms with Gasteiger partial charge in [-0.25, -0.2) is 0 Å². The summed E-state index contributed by atoms with van der Waals surface area (Å²) in [6.45, 7) is 3.85. The molecule has 0 radical (unpaired) electrons. The zero-order valence-corrected chi connectivity index (χ0v) is 11.8. The Hall–Kier alpha value is -0.0800. The fourth-order valence-corrected chi connectivity index (χ4v) is 5.83. The van der Waals surface area contributed by atoms with Crippen molar-refractivity contribution in [1.29, 1.82) is 0 Å². The van der Waals surface area contributed by atoms with E-state index in [2.05, 4.69) is 17.3 Å². The van der Waals surface area contributed by atoms with Crippen molar-refractivity contribution in [1.82, 2.24) is 10.2 Å². The summed E-state index contributed by atoms with van der Waals surface area (Å²) in [5.41, 5.74) is 0. The van der Waals surface area contributed by atoms with Crippen LogP contribution >= 0.6 is 0 Å². The average Bonchev–Trinajstić information content (AvgIpc) is 2.86. The largest absolute Gasteiger partial charge is 0.315 e. The number of likely N-dealkylation sites (N-methyl/N-ethyl adjacent to an activating group) is 1. The Balaban J connectivity index is 1.42. The summed E-state index contributed by atoms with van der Waals surface area (Å²) in [5, 5.41) is 3.51. The van der Waals surface area contributed by atoms with E-state index in [0.29, 0.717) is 0 Å². The van der Waals surface area contributed by atoms with E-state index in [0.717, 1.165) is 35.6 Å². The van der Waals surface area contributed by atoms with Crippen molar-refractivity contribution in [2.45, 2.75) is 44.6 Å². The highest BCUT2D eigenvalue weighted by atomic mass is 15.2. The number of hydrogen-bond acceptors (Lipinski definition) is 2. The maximum absolute atomic E-state index is 3.51. The third-order valence-electron chi connectivity index (χ3n) is 6.58. The van der Waals surface area contributed by atoms with Crippen molar-refractivity contribution in [3.05, 3.63) is 0 Å². The van der Waals surface area contributed by atoms with Gasteiger partial charge in [-0.2, -0.15) is 0 Å². The second-order valence-electron chi connectivity index (χ2n) is 7.68. The van der Waals surface area contributed by atoms with Gasteiger partial charge in [-0.1, -0.05) is 0 Å². The third kappa shape index (κ3) is 1.92. The fourth-order valence-electron chi connectivity index (χ4n) is 5.83. The Bertz CT molecular complexity index is 280. The lowest BCUT2D eigenvalue weighted by molar-refractivity contribution is -0.0496. The van der Waals surface area contributed by atoms with Crippen LogP contribution in [0.1, 0.15) is 38.5 Å². The molecule has 1 N–H and O–H groups in total. The number of nitrogens with one attached hydrogen (secondary N) is 1. The molecule has 0 spiro atoms. The Morgan fingerprint density at radius 2 is 1.67 bits per heavy atom. The van der Waals surface area contributed by atoms with E-state index in [1.54, 1.807) is 32.1 Å². The lowest BCUT2D eigenvalue weighted by Gasteiger charge is -2.55. The molecule has 0 amide bonds. The molecule has 2 nitrogen and oxygen atoms in total. The Kier molecular flexibility index (Phi) is 2.92. The smallest absolute Gasteiger partial charge is 0.0229 e. The first-order chi connectivity index (χ1) is 8.79. The van der Waals surface area contributed by atoms with E-state index in [-0.39, 0.29) is 0 Å². The molecular formula is C16H28N2. The summed E-state index contributed by atoms with van der Waals surface area (Å²) in [5.74, 6) is 5.49. The van der Waals surface area contributed by atoms with Crippen molar-refractivity contribution < 1.29 is 0 Å². The van der Waals surface area contributed by atoms with Crippen LogP contribution in [0.15, 0.2) is 0 Å². The summed E-state index contributed by atoms with van der Waals surface area (Å²) in [6, 6.07) is 0.821. The SMILES string of the molecule is CN(CC1C2CC3CC(C2)CC1C3)C1CCNC1. The van der Waals surface area contributed by atoms with Gasteiger partial charge in [0.25, 0.3) is 0 Å². The van der Waals surface area contributed by atoms with E-state index in [4.69, 9.17) is 0 Å². The van der Waals surface area contributed by atoms with E-state index >= 15 is 0 Å². The molecule has 4 aliphatic carbocycles. The first-order valence-electron chi connectivity index (χ1n) is 8.20. The van der Waals surface area contributed by atoms with Crippen LogP contribution in [0.3, 0.4) is 0 Å². The van der Waals surface area contributed by atoms with Crippen molar-refractivity contribution >= 4 is 0 Å². The number of hydrogen-bond donors (Lipinski definition) is 1. The minimum absolute atomic E-state index is 0.821. The zero-order valence-electron chi connectivity index (χ0n) is 11.8. The van der Waals surface area contributed by atoms with Crippen LogP contribution in [-0.2, 0) is 0 Å². The molecule has 1 unspecified atom stereocenters. The summed E-state index contributed by atoms with van der Waals surface area (Å²) < 4.78 is 0. The number of rotatable bonds is 3. The molecule has 5 fully saturated rings. The summed E-state index contributed by atoms with van der Waals surface area (Å²) >= 11 is 0. The lowest BCUT2D eigenvalue weighted by Crippen LogP contribution is -2.50. The lowest BCUT2D eigenvalue weighted by atomic mass is 9.52. The topological polar surface area (TPSA) is 15.3 Å². The van der Waals surface area contributed by atoms with Gasteiger partial charge in [0.1, 0.15) is 0 Å². The van der Waals surface area contributed by atoms with Gasteiger partial charge in [0, 0.05) is 19.1 Å². The van der Waals surface area contributed by atoms with Crippen molar-refractivity contribution in [2.24, 2.45) is 29.6 Å². The van der Waals surface area contributed by atoms with Crippen molar-refractivity contribution in [2.75, 3.05) is 26.7 Å². The monoisotopic (exact) mass is 248 g/mol. The second-order valence-corrected chi connectivity index (χ2v) is 7.68. The number of nitrogens with zero attached hydrogens (tertiary/aromatic N) is 1. The Labute approximate surface area is 111 Å². The average molecular weight is 248 g/mol. The minimum atomic E-state index is 0.821. The molecule has 0 aromatic carbocycles. The standard InChI is InChI=1S/C16H28N2/c1-18(15-2-3-17-9-15)10-16-13-5-11-4-12(7-13)8-14(16)6-11/h11-17H,2-10H2,1H3. The highest BCUT2D eigenvalue weighted by molar-refractivity contribution is 4.99. The van der Waals surface area contributed by atoms with Gasteiger partial charge in [0.15, 0.2) is 0 Å². The molecule has 0 aromatic heterocycles. The van der Waals surface area contributed by atoms with E-state index in [1.165, 1.54) is 26.1 Å². The summed E-state index contributed by atoms with van der Waals surface area (Å²) in [6.07, 6.45) is 9.26. The minimum Gasteiger partial charge on any atom is -0.315 e. The second kappa shape index (κ2) is 4.49. The molecule has 2 heteroatoms. The van der Waals surface area contributed by atoms with Gasteiger partial charge in [-0.15, -0.1) is 0 Å². The third-order valence-corrected chi connectivity index (χ3v) is 6.58. The van der Waals surface area contributed by atoms with Crippen LogP contribution in [0.4, 0.5) is 0 Å². The highest BCUT2D eigenvalue weighted by Gasteiger charge is 2.48. The molecule has 1 heterocycles. The quantitative estimate of drug-likeness (QED) is 0.825. The maximum Gasteiger partial charge on any atom is 0.0229 e. The Morgan fingerprint density at radius 3 is 2.22 bits per heavy atom. The van der Waals surface area contributed by atoms with Crippen LogP contribution in [-0.4, -0.2) is 37.6 Å². The first kappa shape index (κ1) is 11.7. The van der Waals surface area contributed by atoms with Crippen LogP contribution in [0.2, 0.25) is 0 Å². The van der Waals surface area contributed by atoms with Crippen molar-refractivity contribution in [3.8, 4) is 0 Å². The van der Waals surface area contributed by atoms with Gasteiger partial charge in [0.05, 0.1) is 0 Å². The molecule has 0 aromatic rings. The molecule has 102 valence electrons. The molecule has 4 saturated carbocycles. The van der Waals surface area contributed by atoms with Gasteiger partial charge in [-0.05, 0) is 81.7 Å². The Morgan fingerprint density at radius 1 is 1.00 bits per heavy atom. The molecule has 1 saturated heterocycles. The highest BCUT2D eigenvalue weighted by Crippen LogP contribution is 2.56. The van der Waals surface area contributed by atoms with Crippen LogP contribution in [0.5, 0.6) is 0 Å². The maximum atomic E-state index is 3.51. The molecule has 1 aliphatic heterocycles. The molecular weight excluding hydrogens is 220 g/mol. The first-order valence-corrected chi connectivity index (χ1v) is 8.20. The molecule has 5 rings (SSSR count). The van der Waals surface area contributed by atoms with E-state index < -0.39 is 0 Å². The van der Waals surface area contributed by atoms with E-state index in [1.807, 2.05) is 0 Å². The van der Waals surface area contributed by atoms with Crippen LogP contribution in [0.25, 0.3) is 0 Å². The summed E-state index contributed by atoms with van der Waals surface area (Å²) in [7, 11) is 2.38. The fraction of sp³-hybridized carbons (Fsp3) is 1.00. The van der Waals surface area contributed by atoms with Gasteiger partial charge in [-0.3, -0.25) is 0 Å². The molecule has 18 heavy (non-hydrogen) atoms. The van der Waals surface area contributed by atoms with Crippen LogP contribution < -0.4 is 5.32 Å². The van der Waals surface area contributed by atoms with Gasteiger partial charge >= 0.3 is 0 Å². The molecule has 5 aliphatic rings. The molecule has 4 bridgehead atoms. The van der Waals surface area contributed by atoms with E-state index in [9.17, 15) is 0 Å². The predicted molar refractivity (Wildman–Crippen MR) is 74.4 cm³/mol. The summed E-state index contributed by atoms with van der Waals surface area (Å²) in [4.78, 5) is 2.69. The van der Waals surface area contributed by atoms with Gasteiger partial charge < -0.3 is 10.2 Å². The predicted octanol–water partition coefficient (Wildman–Crippen LogP) is 2.35. The van der Waals surface area contributed by atoms with Gasteiger partial charge in [0.2, 0.25) is 0 Å². The van der Waals surface area contributed by atoms with Crippen molar-refractivity contribution in [3.63, 3.8) is 0 Å². The zero-order chi connectivity index (χ0) is 12.1. The normalized spacial score (nSPS) is 50.3. The van der Waals surface area contributed by atoms with Crippen LogP contribution in [0, 0.1) is 29.6 Å². The molecule has 1 atom stereocenters.